The molecule has 1 aliphatic rings. The molecule has 2 rings (SSSR count). The minimum absolute atomic E-state index is 0.0359. The number of amides is 2. The van der Waals surface area contributed by atoms with E-state index >= 15 is 0 Å². The predicted molar refractivity (Wildman–Crippen MR) is 66.0 cm³/mol. The van der Waals surface area contributed by atoms with Crippen LogP contribution in [-0.4, -0.2) is 30.6 Å². The van der Waals surface area contributed by atoms with Crippen LogP contribution in [0, 0.1) is 0 Å². The Balaban J connectivity index is 2.27. The van der Waals surface area contributed by atoms with Crippen LogP contribution in [0.25, 0.3) is 0 Å². The van der Waals surface area contributed by atoms with Crippen LogP contribution in [0.2, 0.25) is 0 Å². The Kier molecular flexibility index (Phi) is 3.46. The maximum atomic E-state index is 11.6. The van der Waals surface area contributed by atoms with Crippen molar-refractivity contribution in [1.29, 1.82) is 0 Å². The van der Waals surface area contributed by atoms with Crippen molar-refractivity contribution in [2.45, 2.75) is 6.04 Å². The number of urea groups is 1. The first-order valence-electron chi connectivity index (χ1n) is 5.23. The van der Waals surface area contributed by atoms with E-state index in [4.69, 9.17) is 5.73 Å². The molecule has 0 bridgehead atoms. The van der Waals surface area contributed by atoms with Crippen LogP contribution in [0.15, 0.2) is 28.7 Å². The van der Waals surface area contributed by atoms with E-state index in [0.29, 0.717) is 19.6 Å². The van der Waals surface area contributed by atoms with Crippen molar-refractivity contribution in [1.82, 2.24) is 10.2 Å². The third-order valence-corrected chi connectivity index (χ3v) is 3.44. The highest BCUT2D eigenvalue weighted by molar-refractivity contribution is 9.10. The first kappa shape index (κ1) is 11.4. The normalized spacial score (nSPS) is 20.0. The van der Waals surface area contributed by atoms with Crippen molar-refractivity contribution in [3.63, 3.8) is 0 Å². The lowest BCUT2D eigenvalue weighted by Gasteiger charge is -2.23. The number of carbonyl (C=O) groups excluding carboxylic acids is 1. The molecular formula is C11H14BrN3O. The third-order valence-electron chi connectivity index (χ3n) is 2.72. The summed E-state index contributed by atoms with van der Waals surface area (Å²) < 4.78 is 1.03. The minimum Gasteiger partial charge on any atom is -0.336 e. The molecule has 1 saturated heterocycles. The summed E-state index contributed by atoms with van der Waals surface area (Å²) in [4.78, 5) is 13.4. The molecular weight excluding hydrogens is 270 g/mol. The summed E-state index contributed by atoms with van der Waals surface area (Å²) in [5.41, 5.74) is 6.64. The van der Waals surface area contributed by atoms with Gasteiger partial charge in [-0.3, -0.25) is 0 Å². The smallest absolute Gasteiger partial charge is 0.318 e. The number of carbonyl (C=O) groups is 1. The fraction of sp³-hybridized carbons (Fsp3) is 0.364. The van der Waals surface area contributed by atoms with E-state index in [-0.39, 0.29) is 12.1 Å². The molecule has 86 valence electrons. The summed E-state index contributed by atoms with van der Waals surface area (Å²) in [5, 5.41) is 2.84. The molecule has 4 nitrogen and oxygen atoms in total. The second kappa shape index (κ2) is 4.84. The van der Waals surface area contributed by atoms with Gasteiger partial charge in [-0.25, -0.2) is 4.79 Å². The van der Waals surface area contributed by atoms with Gasteiger partial charge < -0.3 is 16.0 Å². The largest absolute Gasteiger partial charge is 0.336 e. The summed E-state index contributed by atoms with van der Waals surface area (Å²) in [6, 6.07) is 7.99. The van der Waals surface area contributed by atoms with Crippen molar-refractivity contribution in [2.75, 3.05) is 19.6 Å². The van der Waals surface area contributed by atoms with Crippen molar-refractivity contribution >= 4 is 22.0 Å². The van der Waals surface area contributed by atoms with Gasteiger partial charge in [0, 0.05) is 24.1 Å². The molecule has 1 fully saturated rings. The molecule has 0 spiro atoms. The van der Waals surface area contributed by atoms with E-state index in [0.717, 1.165) is 10.0 Å². The Hall–Kier alpha value is -1.07. The van der Waals surface area contributed by atoms with Crippen LogP contribution >= 0.6 is 15.9 Å². The van der Waals surface area contributed by atoms with Gasteiger partial charge in [0.25, 0.3) is 0 Å². The number of nitrogens with one attached hydrogen (secondary N) is 1. The quantitative estimate of drug-likeness (QED) is 0.883. The summed E-state index contributed by atoms with van der Waals surface area (Å²) in [5.74, 6) is 0. The highest BCUT2D eigenvalue weighted by Crippen LogP contribution is 2.29. The molecule has 0 aliphatic carbocycles. The molecule has 1 heterocycles. The Morgan fingerprint density at radius 2 is 2.25 bits per heavy atom. The van der Waals surface area contributed by atoms with Gasteiger partial charge in [0.05, 0.1) is 6.04 Å². The summed E-state index contributed by atoms with van der Waals surface area (Å²) in [7, 11) is 0. The fourth-order valence-corrected chi connectivity index (χ4v) is 2.51. The zero-order chi connectivity index (χ0) is 11.5. The second-order valence-corrected chi connectivity index (χ2v) is 4.56. The van der Waals surface area contributed by atoms with Gasteiger partial charge >= 0.3 is 6.03 Å². The topological polar surface area (TPSA) is 58.4 Å². The highest BCUT2D eigenvalue weighted by Gasteiger charge is 2.31. The number of rotatable bonds is 3. The predicted octanol–water partition coefficient (Wildman–Crippen LogP) is 1.47. The second-order valence-electron chi connectivity index (χ2n) is 3.71. The lowest BCUT2D eigenvalue weighted by atomic mass is 10.1. The molecule has 1 atom stereocenters. The molecule has 0 radical (unpaired) electrons. The summed E-state index contributed by atoms with van der Waals surface area (Å²) in [6.07, 6.45) is 0. The highest BCUT2D eigenvalue weighted by atomic mass is 79.9. The van der Waals surface area contributed by atoms with Gasteiger partial charge in [-0.2, -0.15) is 0 Å². The van der Waals surface area contributed by atoms with E-state index in [2.05, 4.69) is 21.2 Å². The van der Waals surface area contributed by atoms with Crippen molar-refractivity contribution < 1.29 is 4.79 Å². The lowest BCUT2D eigenvalue weighted by molar-refractivity contribution is 0.205. The maximum Gasteiger partial charge on any atom is 0.318 e. The van der Waals surface area contributed by atoms with E-state index in [1.54, 1.807) is 4.90 Å². The molecule has 1 aromatic rings. The summed E-state index contributed by atoms with van der Waals surface area (Å²) >= 11 is 3.51. The van der Waals surface area contributed by atoms with Crippen LogP contribution in [0.4, 0.5) is 4.79 Å². The lowest BCUT2D eigenvalue weighted by Crippen LogP contribution is -2.34. The SMILES string of the molecule is NCCN1C(=O)NCC1c1ccccc1Br. The fourth-order valence-electron chi connectivity index (χ4n) is 1.96. The molecule has 2 amide bonds. The Morgan fingerprint density at radius 3 is 2.94 bits per heavy atom. The molecule has 5 heteroatoms. The van der Waals surface area contributed by atoms with Gasteiger partial charge in [0.1, 0.15) is 0 Å². The molecule has 1 aromatic carbocycles. The molecule has 0 aromatic heterocycles. The number of nitrogens with zero attached hydrogens (tertiary/aromatic N) is 1. The monoisotopic (exact) mass is 283 g/mol. The summed E-state index contributed by atoms with van der Waals surface area (Å²) in [6.45, 7) is 1.70. The minimum atomic E-state index is -0.0359. The zero-order valence-electron chi connectivity index (χ0n) is 8.82. The molecule has 1 aliphatic heterocycles. The third kappa shape index (κ3) is 2.05. The van der Waals surface area contributed by atoms with Gasteiger partial charge in [-0.15, -0.1) is 0 Å². The van der Waals surface area contributed by atoms with E-state index < -0.39 is 0 Å². The molecule has 1 unspecified atom stereocenters. The van der Waals surface area contributed by atoms with Gasteiger partial charge in [0.15, 0.2) is 0 Å². The Morgan fingerprint density at radius 1 is 1.50 bits per heavy atom. The number of hydrogen-bond acceptors (Lipinski definition) is 2. The van der Waals surface area contributed by atoms with Gasteiger partial charge in [0.2, 0.25) is 0 Å². The maximum absolute atomic E-state index is 11.6. The van der Waals surface area contributed by atoms with Crippen LogP contribution in [-0.2, 0) is 0 Å². The molecule has 16 heavy (non-hydrogen) atoms. The zero-order valence-corrected chi connectivity index (χ0v) is 10.4. The van der Waals surface area contributed by atoms with Crippen LogP contribution in [0.5, 0.6) is 0 Å². The Bertz CT molecular complexity index is 397. The van der Waals surface area contributed by atoms with Crippen LogP contribution < -0.4 is 11.1 Å². The average molecular weight is 284 g/mol. The van der Waals surface area contributed by atoms with Gasteiger partial charge in [-0.1, -0.05) is 34.1 Å². The van der Waals surface area contributed by atoms with Crippen LogP contribution in [0.1, 0.15) is 11.6 Å². The first-order valence-corrected chi connectivity index (χ1v) is 6.02. The van der Waals surface area contributed by atoms with Gasteiger partial charge in [-0.05, 0) is 11.6 Å². The van der Waals surface area contributed by atoms with Crippen molar-refractivity contribution in [2.24, 2.45) is 5.73 Å². The van der Waals surface area contributed by atoms with E-state index in [9.17, 15) is 4.79 Å². The number of benzene rings is 1. The van der Waals surface area contributed by atoms with E-state index in [1.807, 2.05) is 24.3 Å². The number of nitrogens with two attached hydrogens (primary N) is 1. The number of hydrogen-bond donors (Lipinski definition) is 2. The molecule has 0 saturated carbocycles. The Labute approximate surface area is 103 Å². The van der Waals surface area contributed by atoms with Crippen LogP contribution in [0.3, 0.4) is 0 Å². The molecule has 3 N–H and O–H groups in total. The van der Waals surface area contributed by atoms with Crippen molar-refractivity contribution in [3.8, 4) is 0 Å². The van der Waals surface area contributed by atoms with E-state index in [1.165, 1.54) is 0 Å². The average Bonchev–Trinajstić information content (AvgIpc) is 2.62. The standard InChI is InChI=1S/C11H14BrN3O/c12-9-4-2-1-3-8(9)10-7-14-11(16)15(10)6-5-13/h1-4,10H,5-7,13H2,(H,14,16). The van der Waals surface area contributed by atoms with Crippen molar-refractivity contribution in [3.05, 3.63) is 34.3 Å². The first-order chi connectivity index (χ1) is 7.74. The number of halogens is 1.